The largest absolute Gasteiger partial charge is 0.496 e. The second-order valence-corrected chi connectivity index (χ2v) is 9.61. The first-order valence-electron chi connectivity index (χ1n) is 11.6. The molecule has 2 atom stereocenters. The molecule has 1 fully saturated rings. The second kappa shape index (κ2) is 10.0. The molecule has 2 N–H and O–H groups in total. The first-order chi connectivity index (χ1) is 15.4. The first kappa shape index (κ1) is 22.8. The Balaban J connectivity index is 1.30. The van der Waals surface area contributed by atoms with E-state index in [0.29, 0.717) is 19.1 Å². The number of fused-ring (bicyclic) bond motifs is 1. The molecule has 4 nitrogen and oxygen atoms in total. The summed E-state index contributed by atoms with van der Waals surface area (Å²) in [6.45, 7) is 5.15. The lowest BCUT2D eigenvalue weighted by Gasteiger charge is -2.29. The number of para-hydroxylation sites is 1. The van der Waals surface area contributed by atoms with Gasteiger partial charge in [-0.3, -0.25) is 0 Å². The van der Waals surface area contributed by atoms with Crippen LogP contribution in [0.1, 0.15) is 43.9 Å². The summed E-state index contributed by atoms with van der Waals surface area (Å²) in [5, 5.41) is 16.7. The molecule has 1 saturated carbocycles. The van der Waals surface area contributed by atoms with Crippen molar-refractivity contribution in [3.05, 3.63) is 77.9 Å². The summed E-state index contributed by atoms with van der Waals surface area (Å²) >= 11 is 0. The lowest BCUT2D eigenvalue weighted by Crippen LogP contribution is -2.46. The van der Waals surface area contributed by atoms with Gasteiger partial charge in [-0.05, 0) is 61.4 Å². The Morgan fingerprint density at radius 3 is 2.47 bits per heavy atom. The van der Waals surface area contributed by atoms with E-state index in [0.717, 1.165) is 30.6 Å². The predicted molar refractivity (Wildman–Crippen MR) is 130 cm³/mol. The van der Waals surface area contributed by atoms with Crippen molar-refractivity contribution in [2.24, 2.45) is 5.92 Å². The number of nitrogens with one attached hydrogen (secondary N) is 1. The van der Waals surface area contributed by atoms with Crippen molar-refractivity contribution in [1.29, 1.82) is 0 Å². The van der Waals surface area contributed by atoms with Crippen LogP contribution in [0.15, 0.2) is 66.7 Å². The quantitative estimate of drug-likeness (QED) is 0.432. The third kappa shape index (κ3) is 5.89. The van der Waals surface area contributed by atoms with Gasteiger partial charge in [-0.25, -0.2) is 0 Å². The topological polar surface area (TPSA) is 50.7 Å². The van der Waals surface area contributed by atoms with Gasteiger partial charge in [0.15, 0.2) is 0 Å². The molecular formula is C28H35NO3. The molecule has 0 saturated heterocycles. The second-order valence-electron chi connectivity index (χ2n) is 9.61. The summed E-state index contributed by atoms with van der Waals surface area (Å²) < 4.78 is 11.7. The zero-order valence-corrected chi connectivity index (χ0v) is 19.4. The molecule has 170 valence electrons. The van der Waals surface area contributed by atoms with Crippen molar-refractivity contribution < 1.29 is 14.6 Å². The van der Waals surface area contributed by atoms with Gasteiger partial charge in [-0.15, -0.1) is 0 Å². The highest BCUT2D eigenvalue weighted by molar-refractivity contribution is 5.83. The third-order valence-electron chi connectivity index (χ3n) is 6.24. The Labute approximate surface area is 191 Å². The van der Waals surface area contributed by atoms with Gasteiger partial charge in [-0.1, -0.05) is 60.7 Å². The van der Waals surface area contributed by atoms with Gasteiger partial charge >= 0.3 is 0 Å². The highest BCUT2D eigenvalue weighted by atomic mass is 16.5. The minimum atomic E-state index is -0.568. The van der Waals surface area contributed by atoms with Gasteiger partial charge in [0.25, 0.3) is 0 Å². The molecule has 1 aliphatic rings. The minimum absolute atomic E-state index is 0.0218. The first-order valence-corrected chi connectivity index (χ1v) is 11.6. The number of β-amino-alcohol motifs (C(OH)–C–C–N with tert-alkyl or cyclic N) is 1. The van der Waals surface area contributed by atoms with Crippen molar-refractivity contribution >= 4 is 10.8 Å². The molecule has 0 amide bonds. The SMILES string of the molecule is COc1ccccc1[C@H](OCC(O)CNC(C)(C)Cc1ccc2ccccc2c1)C1CC1. The number of rotatable bonds is 11. The van der Waals surface area contributed by atoms with Crippen molar-refractivity contribution in [2.45, 2.75) is 50.9 Å². The summed E-state index contributed by atoms with van der Waals surface area (Å²) in [6, 6.07) is 23.1. The molecular weight excluding hydrogens is 398 g/mol. The fraction of sp³-hybridized carbons (Fsp3) is 0.429. The Morgan fingerprint density at radius 2 is 1.72 bits per heavy atom. The molecule has 3 aromatic rings. The van der Waals surface area contributed by atoms with Crippen LogP contribution in [0.2, 0.25) is 0 Å². The molecule has 0 radical (unpaired) electrons. The van der Waals surface area contributed by atoms with Crippen molar-refractivity contribution in [2.75, 3.05) is 20.3 Å². The maximum atomic E-state index is 10.6. The standard InChI is InChI=1S/C28H35NO3/c1-28(2,17-20-12-13-21-8-4-5-9-23(21)16-20)29-18-24(30)19-32-27(22-14-15-22)25-10-6-7-11-26(25)31-3/h4-13,16,22,24,27,29-30H,14-15,17-19H2,1-3H3/t24?,27-/m1/s1. The monoisotopic (exact) mass is 433 g/mol. The van der Waals surface area contributed by atoms with Gasteiger partial charge in [0, 0.05) is 17.6 Å². The summed E-state index contributed by atoms with van der Waals surface area (Å²) in [4.78, 5) is 0. The van der Waals surface area contributed by atoms with E-state index in [1.54, 1.807) is 7.11 Å². The molecule has 1 aliphatic carbocycles. The van der Waals surface area contributed by atoms with E-state index in [1.165, 1.54) is 16.3 Å². The Kier molecular flexibility index (Phi) is 7.14. The smallest absolute Gasteiger partial charge is 0.124 e. The van der Waals surface area contributed by atoms with Gasteiger partial charge in [-0.2, -0.15) is 0 Å². The van der Waals surface area contributed by atoms with Crippen LogP contribution in [0, 0.1) is 5.92 Å². The Morgan fingerprint density at radius 1 is 1.00 bits per heavy atom. The highest BCUT2D eigenvalue weighted by Crippen LogP contribution is 2.45. The van der Waals surface area contributed by atoms with Crippen LogP contribution in [-0.4, -0.2) is 37.0 Å². The van der Waals surface area contributed by atoms with Crippen LogP contribution in [0.4, 0.5) is 0 Å². The zero-order valence-electron chi connectivity index (χ0n) is 19.4. The molecule has 0 aliphatic heterocycles. The maximum absolute atomic E-state index is 10.6. The molecule has 4 heteroatoms. The van der Waals surface area contributed by atoms with Crippen LogP contribution in [0.25, 0.3) is 10.8 Å². The Hall–Kier alpha value is -2.40. The van der Waals surface area contributed by atoms with E-state index < -0.39 is 6.10 Å². The van der Waals surface area contributed by atoms with Crippen LogP contribution in [-0.2, 0) is 11.2 Å². The molecule has 0 bridgehead atoms. The number of hydrogen-bond acceptors (Lipinski definition) is 4. The lowest BCUT2D eigenvalue weighted by atomic mass is 9.93. The summed E-state index contributed by atoms with van der Waals surface area (Å²) in [5.74, 6) is 1.37. The number of aliphatic hydroxyl groups is 1. The average molecular weight is 434 g/mol. The third-order valence-corrected chi connectivity index (χ3v) is 6.24. The summed E-state index contributed by atoms with van der Waals surface area (Å²) in [5.41, 5.74) is 2.23. The minimum Gasteiger partial charge on any atom is -0.496 e. The van der Waals surface area contributed by atoms with E-state index in [1.807, 2.05) is 18.2 Å². The highest BCUT2D eigenvalue weighted by Gasteiger charge is 2.35. The fourth-order valence-electron chi connectivity index (χ4n) is 4.37. The van der Waals surface area contributed by atoms with E-state index in [9.17, 15) is 5.11 Å². The van der Waals surface area contributed by atoms with E-state index in [-0.39, 0.29) is 11.6 Å². The van der Waals surface area contributed by atoms with Gasteiger partial charge in [0.2, 0.25) is 0 Å². The van der Waals surface area contributed by atoms with Crippen LogP contribution < -0.4 is 10.1 Å². The van der Waals surface area contributed by atoms with Gasteiger partial charge in [0.05, 0.1) is 25.9 Å². The van der Waals surface area contributed by atoms with Crippen molar-refractivity contribution in [3.8, 4) is 5.75 Å². The number of benzene rings is 3. The average Bonchev–Trinajstić information content (AvgIpc) is 3.63. The molecule has 0 spiro atoms. The van der Waals surface area contributed by atoms with Gasteiger partial charge in [0.1, 0.15) is 5.75 Å². The number of ether oxygens (including phenoxy) is 2. The molecule has 4 rings (SSSR count). The summed E-state index contributed by atoms with van der Waals surface area (Å²) in [7, 11) is 1.69. The normalized spacial score (nSPS) is 16.1. The van der Waals surface area contributed by atoms with Crippen molar-refractivity contribution in [3.63, 3.8) is 0 Å². The Bertz CT molecular complexity index is 1030. The molecule has 0 heterocycles. The molecule has 3 aromatic carbocycles. The van der Waals surface area contributed by atoms with Crippen LogP contribution in [0.5, 0.6) is 5.75 Å². The van der Waals surface area contributed by atoms with E-state index in [4.69, 9.17) is 9.47 Å². The predicted octanol–water partition coefficient (Wildman–Crippen LogP) is 5.29. The molecule has 32 heavy (non-hydrogen) atoms. The number of methoxy groups -OCH3 is 1. The van der Waals surface area contributed by atoms with E-state index in [2.05, 4.69) is 67.7 Å². The number of aliphatic hydroxyl groups excluding tert-OH is 1. The fourth-order valence-corrected chi connectivity index (χ4v) is 4.37. The lowest BCUT2D eigenvalue weighted by molar-refractivity contribution is -0.0219. The van der Waals surface area contributed by atoms with Crippen molar-refractivity contribution in [1.82, 2.24) is 5.32 Å². The molecule has 1 unspecified atom stereocenters. The maximum Gasteiger partial charge on any atom is 0.124 e. The van der Waals surface area contributed by atoms with E-state index >= 15 is 0 Å². The van der Waals surface area contributed by atoms with Gasteiger partial charge < -0.3 is 19.9 Å². The summed E-state index contributed by atoms with van der Waals surface area (Å²) in [6.07, 6.45) is 2.62. The zero-order chi connectivity index (χ0) is 22.6. The molecule has 0 aromatic heterocycles. The number of hydrogen-bond donors (Lipinski definition) is 2. The van der Waals surface area contributed by atoms with Crippen LogP contribution >= 0.6 is 0 Å². The van der Waals surface area contributed by atoms with Crippen LogP contribution in [0.3, 0.4) is 0 Å².